The van der Waals surface area contributed by atoms with Crippen LogP contribution in [0.5, 0.6) is 0 Å². The van der Waals surface area contributed by atoms with Gasteiger partial charge in [0, 0.05) is 181 Å². The zero-order chi connectivity index (χ0) is 97.2. The van der Waals surface area contributed by atoms with Gasteiger partial charge < -0.3 is 23.5 Å². The summed E-state index contributed by atoms with van der Waals surface area (Å²) in [5.41, 5.74) is 33.1. The summed E-state index contributed by atoms with van der Waals surface area (Å²) in [6.07, 6.45) is 0. The molecule has 0 atom stereocenters. The summed E-state index contributed by atoms with van der Waals surface area (Å²) < 4.78 is 23.3. The number of hydrogen-bond donors (Lipinski definition) is 0. The highest BCUT2D eigenvalue weighted by Crippen LogP contribution is 2.53. The molecule has 9 heteroatoms. The minimum absolute atomic E-state index is 0.910. The predicted molar refractivity (Wildman–Crippen MR) is 633 cm³/mol. The van der Waals surface area contributed by atoms with Gasteiger partial charge in [-0.05, 0) is 243 Å². The molecule has 29 rings (SSSR count). The van der Waals surface area contributed by atoms with Gasteiger partial charge in [-0.2, -0.15) is 0 Å². The third-order valence-electron chi connectivity index (χ3n) is 28.4. The number of fused-ring (bicyclic) bond motifs is 18. The Labute approximate surface area is 866 Å². The van der Waals surface area contributed by atoms with Gasteiger partial charge in [0.1, 0.15) is 22.3 Å². The van der Waals surface area contributed by atoms with Gasteiger partial charge in [-0.1, -0.05) is 358 Å². The maximum atomic E-state index is 6.58. The summed E-state index contributed by atoms with van der Waals surface area (Å²) in [6.45, 7) is 0. The zero-order valence-corrected chi connectivity index (χ0v) is 82.9. The van der Waals surface area contributed by atoms with E-state index in [0.717, 1.165) is 101 Å². The molecule has 0 radical (unpaired) electrons. The Kier molecular flexibility index (Phi) is 22.7. The van der Waals surface area contributed by atoms with Crippen LogP contribution in [0.1, 0.15) is 0 Å². The van der Waals surface area contributed by atoms with Crippen molar-refractivity contribution in [1.82, 2.24) is 0 Å². The topological polar surface area (TPSA) is 36.0 Å². The SMILES string of the molecule is c1ccc(-c2ccc(N(c3ccccc3)c3cc(-c4cccc5c4oc4ccccc45)c4sc5ccccc5c4c3)cc2)cc1.c1ccc(-c2ccc(N(c3ccccc3)c3ccc(-c4cc(-c5ccc6oc7ccccc7c6c5)c5sc6ccccc6c5c4)cc3)cc2)cc1.c1ccc(-c2ccc(N(c3ccccc3)c3ccc(-c4cc(-c5cccc6c5sc5ccccc56)c5sc6ccccc6c5c4)cc3)cc2)cc1. The van der Waals surface area contributed by atoms with Gasteiger partial charge in [0.05, 0.1) is 0 Å². The quantitative estimate of drug-likeness (QED) is 0.0908. The first-order valence-corrected chi connectivity index (χ1v) is 53.0. The van der Waals surface area contributed by atoms with Crippen molar-refractivity contribution in [3.63, 3.8) is 0 Å². The van der Waals surface area contributed by atoms with Gasteiger partial charge in [-0.25, -0.2) is 0 Å². The molecule has 6 heterocycles. The fraction of sp³-hybridized carbons (Fsp3) is 0. The molecule has 6 aromatic heterocycles. The average molecular weight is 1950 g/mol. The van der Waals surface area contributed by atoms with Crippen molar-refractivity contribution in [2.75, 3.05) is 14.7 Å². The van der Waals surface area contributed by atoms with E-state index in [1.165, 1.54) is 164 Å². The summed E-state index contributed by atoms with van der Waals surface area (Å²) in [5, 5.41) is 15.0. The largest absolute Gasteiger partial charge is 0.456 e. The fourth-order valence-corrected chi connectivity index (χ4v) is 26.2. The lowest BCUT2D eigenvalue weighted by Gasteiger charge is -2.26. The van der Waals surface area contributed by atoms with Crippen molar-refractivity contribution in [1.29, 1.82) is 0 Å². The van der Waals surface area contributed by atoms with E-state index >= 15 is 0 Å². The standard InChI is InChI=1S/C48H31NOS.C48H31NS2.C42H27NOS/c1-3-11-32(12-4-1)33-19-24-38(25-20-33)49(37-13-5-2-6-14-37)39-26-21-34(22-27-39)36-30-42(48-44(31-36)41-16-8-10-18-47(41)51-48)35-23-28-46-43(29-35)40-15-7-9-17-45(40)50-46;1-3-12-32(13-4-1)33-22-26-37(27-23-33)49(36-14-5-2-6-15-36)38-28-24-34(25-29-38)35-30-43-40-17-8-10-21-46(40)51-48(43)44(31-35)42-19-11-18-41-39-16-7-9-20-45(39)50-47(41)42;1-3-12-28(13-4-1)29-22-24-31(25-23-29)43(30-14-5-2-6-15-30)32-26-37-34-17-8-10-21-40(34)45-42(37)38(27-32)36-19-11-18-35-33-16-7-9-20-39(33)44-41(35)36/h2*1-31H;1-27H. The number of thiophene rings is 4. The van der Waals surface area contributed by atoms with Crippen LogP contribution in [0, 0.1) is 0 Å². The van der Waals surface area contributed by atoms with Crippen LogP contribution in [-0.2, 0) is 0 Å². The van der Waals surface area contributed by atoms with Crippen LogP contribution < -0.4 is 14.7 Å². The smallest absolute Gasteiger partial charge is 0.143 e. The number of hydrogen-bond acceptors (Lipinski definition) is 9. The Hall–Kier alpha value is -18.1. The van der Waals surface area contributed by atoms with Crippen molar-refractivity contribution in [2.24, 2.45) is 0 Å². The van der Waals surface area contributed by atoms with Crippen molar-refractivity contribution >= 4 is 221 Å². The van der Waals surface area contributed by atoms with E-state index in [4.69, 9.17) is 8.83 Å². The molecule has 0 bridgehead atoms. The van der Waals surface area contributed by atoms with Gasteiger partial charge in [-0.15, -0.1) is 45.3 Å². The Morgan fingerprint density at radius 3 is 0.816 bits per heavy atom. The van der Waals surface area contributed by atoms with Crippen molar-refractivity contribution < 1.29 is 8.83 Å². The Bertz CT molecular complexity index is 9950. The van der Waals surface area contributed by atoms with Crippen LogP contribution in [0.3, 0.4) is 0 Å². The molecule has 0 spiro atoms. The number of furan rings is 2. The molecule has 0 aliphatic heterocycles. The third kappa shape index (κ3) is 16.5. The van der Waals surface area contributed by atoms with Gasteiger partial charge in [-0.3, -0.25) is 0 Å². The molecule has 0 amide bonds. The number of benzene rings is 23. The van der Waals surface area contributed by atoms with Crippen LogP contribution in [0.2, 0.25) is 0 Å². The first-order chi connectivity index (χ1) is 72.9. The molecule has 147 heavy (non-hydrogen) atoms. The monoisotopic (exact) mass is 1950 g/mol. The fourth-order valence-electron chi connectivity index (χ4n) is 21.3. The summed E-state index contributed by atoms with van der Waals surface area (Å²) in [4.78, 5) is 7.02. The normalized spacial score (nSPS) is 11.5. The maximum Gasteiger partial charge on any atom is 0.143 e. The lowest BCUT2D eigenvalue weighted by molar-refractivity contribution is 0.669. The second kappa shape index (κ2) is 38.0. The maximum absolute atomic E-state index is 6.58. The molecule has 0 saturated carbocycles. The highest BCUT2D eigenvalue weighted by molar-refractivity contribution is 7.28. The van der Waals surface area contributed by atoms with Crippen molar-refractivity contribution in [3.05, 3.63) is 540 Å². The van der Waals surface area contributed by atoms with Gasteiger partial charge in [0.2, 0.25) is 0 Å². The molecule has 692 valence electrons. The molecule has 5 nitrogen and oxygen atoms in total. The van der Waals surface area contributed by atoms with E-state index in [1.54, 1.807) is 0 Å². The molecule has 29 aromatic rings. The van der Waals surface area contributed by atoms with E-state index in [2.05, 4.69) is 536 Å². The first kappa shape index (κ1) is 87.9. The first-order valence-electron chi connectivity index (χ1n) is 49.7. The minimum Gasteiger partial charge on any atom is -0.456 e. The number of para-hydroxylation sites is 6. The second-order valence-corrected chi connectivity index (χ2v) is 41.4. The number of anilines is 9. The Morgan fingerprint density at radius 1 is 0.129 bits per heavy atom. The summed E-state index contributed by atoms with van der Waals surface area (Å²) in [5.74, 6) is 0. The van der Waals surface area contributed by atoms with E-state index in [-0.39, 0.29) is 0 Å². The minimum atomic E-state index is 0.910. The van der Waals surface area contributed by atoms with E-state index in [0.29, 0.717) is 0 Å². The highest BCUT2D eigenvalue weighted by atomic mass is 32.1. The molecule has 23 aromatic carbocycles. The van der Waals surface area contributed by atoms with E-state index in [1.807, 2.05) is 63.5 Å². The van der Waals surface area contributed by atoms with E-state index < -0.39 is 0 Å². The predicted octanol–water partition coefficient (Wildman–Crippen LogP) is 42.1. The molecule has 0 fully saturated rings. The molecule has 0 saturated heterocycles. The highest BCUT2D eigenvalue weighted by Gasteiger charge is 2.26. The lowest BCUT2D eigenvalue weighted by Crippen LogP contribution is -2.10. The number of nitrogens with zero attached hydrogens (tertiary/aromatic N) is 3. The van der Waals surface area contributed by atoms with Crippen LogP contribution in [0.15, 0.2) is 549 Å². The molecule has 0 unspecified atom stereocenters. The summed E-state index contributed by atoms with van der Waals surface area (Å²) in [6, 6.07) is 194. The lowest BCUT2D eigenvalue weighted by atomic mass is 9.95. The van der Waals surface area contributed by atoms with Gasteiger partial charge in [0.25, 0.3) is 0 Å². The molecule has 0 aliphatic rings. The van der Waals surface area contributed by atoms with Crippen LogP contribution in [0.4, 0.5) is 51.2 Å². The van der Waals surface area contributed by atoms with Crippen LogP contribution in [0.25, 0.3) is 214 Å². The second-order valence-electron chi connectivity index (χ2n) is 37.2. The Morgan fingerprint density at radius 2 is 0.395 bits per heavy atom. The van der Waals surface area contributed by atoms with E-state index in [9.17, 15) is 0 Å². The molecular formula is C138H89N3O2S4. The summed E-state index contributed by atoms with van der Waals surface area (Å²) >= 11 is 7.52. The summed E-state index contributed by atoms with van der Waals surface area (Å²) in [7, 11) is 0. The average Bonchev–Trinajstić information content (AvgIpc) is 1.61. The van der Waals surface area contributed by atoms with Gasteiger partial charge >= 0.3 is 0 Å². The van der Waals surface area contributed by atoms with Crippen LogP contribution >= 0.6 is 45.3 Å². The molecular weight excluding hydrogens is 1860 g/mol. The number of rotatable bonds is 17. The van der Waals surface area contributed by atoms with Crippen molar-refractivity contribution in [2.45, 2.75) is 0 Å². The van der Waals surface area contributed by atoms with Crippen LogP contribution in [-0.4, -0.2) is 0 Å². The Balaban J connectivity index is 0.000000109. The molecule has 0 aliphatic carbocycles. The zero-order valence-electron chi connectivity index (χ0n) is 79.7. The molecule has 0 N–H and O–H groups in total. The van der Waals surface area contributed by atoms with Crippen molar-refractivity contribution in [3.8, 4) is 89.0 Å². The third-order valence-corrected chi connectivity index (χ3v) is 33.3. The van der Waals surface area contributed by atoms with Gasteiger partial charge in [0.15, 0.2) is 0 Å².